The van der Waals surface area contributed by atoms with Gasteiger partial charge in [-0.2, -0.15) is 0 Å². The van der Waals surface area contributed by atoms with Gasteiger partial charge in [-0.25, -0.2) is 4.98 Å². The zero-order chi connectivity index (χ0) is 13.3. The lowest BCUT2D eigenvalue weighted by Gasteiger charge is -2.11. The second-order valence-electron chi connectivity index (χ2n) is 4.01. The van der Waals surface area contributed by atoms with E-state index >= 15 is 0 Å². The fraction of sp³-hybridized carbons (Fsp3) is 0.231. The molecular formula is C13H13ClN2O2. The molecular weight excluding hydrogens is 252 g/mol. The molecule has 0 saturated heterocycles. The number of halogens is 1. The topological polar surface area (TPSA) is 44.1 Å². The second kappa shape index (κ2) is 4.82. The van der Waals surface area contributed by atoms with Crippen LogP contribution in [0.15, 0.2) is 18.5 Å². The van der Waals surface area contributed by atoms with Crippen molar-refractivity contribution in [1.29, 1.82) is 0 Å². The van der Waals surface area contributed by atoms with Crippen molar-refractivity contribution in [2.75, 3.05) is 7.11 Å². The number of hydrogen-bond donors (Lipinski definition) is 0. The lowest BCUT2D eigenvalue weighted by Crippen LogP contribution is -1.97. The van der Waals surface area contributed by atoms with Crippen LogP contribution in [0.4, 0.5) is 0 Å². The molecule has 0 aliphatic rings. The van der Waals surface area contributed by atoms with Crippen LogP contribution in [0.25, 0.3) is 11.3 Å². The third-order valence-corrected chi connectivity index (χ3v) is 3.01. The van der Waals surface area contributed by atoms with E-state index in [1.165, 1.54) is 0 Å². The Morgan fingerprint density at radius 3 is 2.78 bits per heavy atom. The molecule has 0 fully saturated rings. The molecule has 1 heterocycles. The number of aldehydes is 1. The Labute approximate surface area is 110 Å². The number of imidazole rings is 1. The van der Waals surface area contributed by atoms with Gasteiger partial charge in [0.05, 0.1) is 13.4 Å². The van der Waals surface area contributed by atoms with Crippen molar-refractivity contribution in [1.82, 2.24) is 9.55 Å². The lowest BCUT2D eigenvalue weighted by molar-refractivity contribution is 0.111. The zero-order valence-electron chi connectivity index (χ0n) is 10.4. The van der Waals surface area contributed by atoms with Gasteiger partial charge >= 0.3 is 0 Å². The minimum Gasteiger partial charge on any atom is -0.496 e. The SMILES string of the molecule is COc1c(C)cc(Cl)cc1-c1ncn(C)c1C=O. The molecule has 5 heteroatoms. The summed E-state index contributed by atoms with van der Waals surface area (Å²) in [6.07, 6.45) is 2.37. The van der Waals surface area contributed by atoms with E-state index in [0.717, 1.165) is 17.4 Å². The predicted octanol–water partition coefficient (Wildman–Crippen LogP) is 2.87. The highest BCUT2D eigenvalue weighted by molar-refractivity contribution is 6.31. The first-order chi connectivity index (χ1) is 8.58. The van der Waals surface area contributed by atoms with Gasteiger partial charge in [-0.1, -0.05) is 11.6 Å². The molecule has 94 valence electrons. The number of methoxy groups -OCH3 is 1. The molecule has 0 unspecified atom stereocenters. The average Bonchev–Trinajstić information content (AvgIpc) is 2.69. The smallest absolute Gasteiger partial charge is 0.168 e. The van der Waals surface area contributed by atoms with Crippen molar-refractivity contribution in [3.63, 3.8) is 0 Å². The van der Waals surface area contributed by atoms with Gasteiger partial charge < -0.3 is 9.30 Å². The number of benzene rings is 1. The molecule has 0 N–H and O–H groups in total. The summed E-state index contributed by atoms with van der Waals surface area (Å²) in [5, 5.41) is 0.589. The van der Waals surface area contributed by atoms with Crippen LogP contribution in [0.1, 0.15) is 16.1 Å². The first-order valence-electron chi connectivity index (χ1n) is 5.39. The molecule has 1 aromatic carbocycles. The number of aromatic nitrogens is 2. The van der Waals surface area contributed by atoms with Crippen molar-refractivity contribution in [2.24, 2.45) is 7.05 Å². The summed E-state index contributed by atoms with van der Waals surface area (Å²) in [7, 11) is 3.35. The molecule has 0 saturated carbocycles. The van der Waals surface area contributed by atoms with Crippen LogP contribution in [0.3, 0.4) is 0 Å². The molecule has 0 amide bonds. The second-order valence-corrected chi connectivity index (χ2v) is 4.45. The van der Waals surface area contributed by atoms with Gasteiger partial charge in [0, 0.05) is 17.6 Å². The minimum absolute atomic E-state index is 0.495. The highest BCUT2D eigenvalue weighted by Gasteiger charge is 2.17. The summed E-state index contributed by atoms with van der Waals surface area (Å²) >= 11 is 6.05. The quantitative estimate of drug-likeness (QED) is 0.801. The molecule has 0 radical (unpaired) electrons. The first-order valence-corrected chi connectivity index (χ1v) is 5.77. The molecule has 0 aliphatic carbocycles. The van der Waals surface area contributed by atoms with E-state index in [2.05, 4.69) is 4.98 Å². The first kappa shape index (κ1) is 12.6. The molecule has 0 bridgehead atoms. The van der Waals surface area contributed by atoms with E-state index in [1.807, 2.05) is 13.0 Å². The van der Waals surface area contributed by atoms with Crippen molar-refractivity contribution >= 4 is 17.9 Å². The molecule has 4 nitrogen and oxygen atoms in total. The molecule has 18 heavy (non-hydrogen) atoms. The summed E-state index contributed by atoms with van der Waals surface area (Å²) in [5.74, 6) is 0.682. The van der Waals surface area contributed by atoms with E-state index < -0.39 is 0 Å². The van der Waals surface area contributed by atoms with E-state index in [-0.39, 0.29) is 0 Å². The highest BCUT2D eigenvalue weighted by atomic mass is 35.5. The Bertz CT molecular complexity index is 605. The van der Waals surface area contributed by atoms with Crippen LogP contribution < -0.4 is 4.74 Å². The van der Waals surface area contributed by atoms with E-state index in [9.17, 15) is 4.79 Å². The van der Waals surface area contributed by atoms with Gasteiger partial charge in [0.2, 0.25) is 0 Å². The van der Waals surface area contributed by atoms with Crippen molar-refractivity contribution in [3.05, 3.63) is 34.7 Å². The summed E-state index contributed by atoms with van der Waals surface area (Å²) in [6, 6.07) is 3.57. The van der Waals surface area contributed by atoms with Gasteiger partial charge in [0.1, 0.15) is 17.1 Å². The average molecular weight is 265 g/mol. The molecule has 2 rings (SSSR count). The van der Waals surface area contributed by atoms with Crippen molar-refractivity contribution in [3.8, 4) is 17.0 Å². The van der Waals surface area contributed by atoms with Gasteiger partial charge in [0.25, 0.3) is 0 Å². The number of carbonyl (C=O) groups excluding carboxylic acids is 1. The van der Waals surface area contributed by atoms with Crippen molar-refractivity contribution in [2.45, 2.75) is 6.92 Å². The molecule has 0 atom stereocenters. The summed E-state index contributed by atoms with van der Waals surface area (Å²) in [4.78, 5) is 15.4. The van der Waals surface area contributed by atoms with Gasteiger partial charge in [-0.3, -0.25) is 4.79 Å². The number of hydrogen-bond acceptors (Lipinski definition) is 3. The number of aryl methyl sites for hydroxylation is 2. The van der Waals surface area contributed by atoms with Crippen LogP contribution in [-0.2, 0) is 7.05 Å². The van der Waals surface area contributed by atoms with Crippen LogP contribution >= 0.6 is 11.6 Å². The fourth-order valence-corrected chi connectivity index (χ4v) is 2.24. The van der Waals surface area contributed by atoms with E-state index in [0.29, 0.717) is 22.2 Å². The summed E-state index contributed by atoms with van der Waals surface area (Å²) in [6.45, 7) is 1.90. The molecule has 2 aromatic rings. The molecule has 1 aromatic heterocycles. The normalized spacial score (nSPS) is 10.4. The van der Waals surface area contributed by atoms with Gasteiger partial charge in [-0.05, 0) is 24.6 Å². The number of nitrogens with zero attached hydrogens (tertiary/aromatic N) is 2. The Kier molecular flexibility index (Phi) is 3.39. The Hall–Kier alpha value is -1.81. The van der Waals surface area contributed by atoms with Crippen LogP contribution in [0.2, 0.25) is 5.02 Å². The summed E-state index contributed by atoms with van der Waals surface area (Å²) < 4.78 is 7.04. The third-order valence-electron chi connectivity index (χ3n) is 2.79. The van der Waals surface area contributed by atoms with Crippen LogP contribution in [-0.4, -0.2) is 22.9 Å². The zero-order valence-corrected chi connectivity index (χ0v) is 11.2. The molecule has 0 aliphatic heterocycles. The monoisotopic (exact) mass is 264 g/mol. The number of rotatable bonds is 3. The third kappa shape index (κ3) is 1.99. The van der Waals surface area contributed by atoms with E-state index in [4.69, 9.17) is 16.3 Å². The largest absolute Gasteiger partial charge is 0.496 e. The molecule has 0 spiro atoms. The number of carbonyl (C=O) groups is 1. The van der Waals surface area contributed by atoms with Crippen molar-refractivity contribution < 1.29 is 9.53 Å². The standard InChI is InChI=1S/C13H13ClN2O2/c1-8-4-9(14)5-10(13(8)18-3)12-11(6-17)16(2)7-15-12/h4-7H,1-3H3. The predicted molar refractivity (Wildman–Crippen MR) is 70.3 cm³/mol. The fourth-order valence-electron chi connectivity index (χ4n) is 1.96. The maximum atomic E-state index is 11.1. The van der Waals surface area contributed by atoms with E-state index in [1.54, 1.807) is 31.1 Å². The highest BCUT2D eigenvalue weighted by Crippen LogP contribution is 2.35. The lowest BCUT2D eigenvalue weighted by atomic mass is 10.1. The Morgan fingerprint density at radius 2 is 2.17 bits per heavy atom. The maximum Gasteiger partial charge on any atom is 0.168 e. The van der Waals surface area contributed by atoms with Gasteiger partial charge in [0.15, 0.2) is 6.29 Å². The Balaban J connectivity index is 2.73. The maximum absolute atomic E-state index is 11.1. The van der Waals surface area contributed by atoms with Gasteiger partial charge in [-0.15, -0.1) is 0 Å². The van der Waals surface area contributed by atoms with Crippen LogP contribution in [0, 0.1) is 6.92 Å². The van der Waals surface area contributed by atoms with Crippen LogP contribution in [0.5, 0.6) is 5.75 Å². The summed E-state index contributed by atoms with van der Waals surface area (Å²) in [5.41, 5.74) is 2.71. The number of ether oxygens (including phenoxy) is 1. The minimum atomic E-state index is 0.495. The Morgan fingerprint density at radius 1 is 1.44 bits per heavy atom.